The van der Waals surface area contributed by atoms with Crippen LogP contribution in [0.5, 0.6) is 0 Å². The third-order valence-corrected chi connectivity index (χ3v) is 5.49. The maximum atomic E-state index is 12.5. The van der Waals surface area contributed by atoms with Crippen LogP contribution in [0.4, 0.5) is 0 Å². The van der Waals surface area contributed by atoms with E-state index in [1.54, 1.807) is 0 Å². The van der Waals surface area contributed by atoms with Gasteiger partial charge >= 0.3 is 0 Å². The Morgan fingerprint density at radius 3 is 2.61 bits per heavy atom. The maximum absolute atomic E-state index is 12.5. The molecule has 2 atom stereocenters. The summed E-state index contributed by atoms with van der Waals surface area (Å²) in [6.45, 7) is 8.97. The molecule has 156 valence electrons. The number of aliphatic imine (C=N–C) groups is 1. The molecule has 1 N–H and O–H groups in total. The first-order chi connectivity index (χ1) is 13.1. The molecule has 0 aliphatic carbocycles. The van der Waals surface area contributed by atoms with Gasteiger partial charge in [-0.1, -0.05) is 36.8 Å². The molecule has 2 aliphatic heterocycles. The number of hydrogen-bond acceptors (Lipinski definition) is 3. The zero-order valence-electron chi connectivity index (χ0n) is 17.2. The smallest absolute Gasteiger partial charge is 0.251 e. The SMILES string of the molecule is CN=C(NCC(C)c1cccc(C)c1)N1CCN(C(=O)C2CCCO2)CC1.I. The first kappa shape index (κ1) is 22.9. The van der Waals surface area contributed by atoms with Gasteiger partial charge in [0, 0.05) is 46.4 Å². The topological polar surface area (TPSA) is 57.2 Å². The minimum Gasteiger partial charge on any atom is -0.368 e. The van der Waals surface area contributed by atoms with Gasteiger partial charge in [-0.3, -0.25) is 9.79 Å². The van der Waals surface area contributed by atoms with Crippen LogP contribution >= 0.6 is 24.0 Å². The highest BCUT2D eigenvalue weighted by atomic mass is 127. The fourth-order valence-corrected chi connectivity index (χ4v) is 3.79. The zero-order valence-corrected chi connectivity index (χ0v) is 19.5. The van der Waals surface area contributed by atoms with E-state index in [0.29, 0.717) is 12.5 Å². The zero-order chi connectivity index (χ0) is 19.2. The van der Waals surface area contributed by atoms with Crippen molar-refractivity contribution >= 4 is 35.8 Å². The average Bonchev–Trinajstić information content (AvgIpc) is 3.23. The lowest BCUT2D eigenvalue weighted by Crippen LogP contribution is -2.55. The lowest BCUT2D eigenvalue weighted by Gasteiger charge is -2.37. The number of ether oxygens (including phenoxy) is 1. The molecule has 6 nitrogen and oxygen atoms in total. The van der Waals surface area contributed by atoms with Crippen LogP contribution in [0.1, 0.15) is 36.8 Å². The molecular formula is C21H33IN4O2. The normalized spacial score (nSPS) is 21.2. The van der Waals surface area contributed by atoms with Crippen molar-refractivity contribution in [3.63, 3.8) is 0 Å². The first-order valence-corrected chi connectivity index (χ1v) is 10.0. The third kappa shape index (κ3) is 5.83. The van der Waals surface area contributed by atoms with Gasteiger partial charge in [-0.25, -0.2) is 0 Å². The third-order valence-electron chi connectivity index (χ3n) is 5.49. The van der Waals surface area contributed by atoms with Gasteiger partial charge in [0.1, 0.15) is 6.10 Å². The molecular weight excluding hydrogens is 467 g/mol. The van der Waals surface area contributed by atoms with Crippen molar-refractivity contribution in [2.45, 2.75) is 38.7 Å². The molecule has 2 saturated heterocycles. The standard InChI is InChI=1S/C21H32N4O2.HI/c1-16-6-4-7-18(14-16)17(2)15-23-21(22-3)25-11-9-24(10-12-25)20(26)19-8-5-13-27-19;/h4,6-7,14,17,19H,5,8-13,15H2,1-3H3,(H,22,23);1H. The molecule has 1 aromatic carbocycles. The molecule has 2 aliphatic rings. The fourth-order valence-electron chi connectivity index (χ4n) is 3.79. The van der Waals surface area contributed by atoms with E-state index in [1.165, 1.54) is 11.1 Å². The molecule has 0 bridgehead atoms. The van der Waals surface area contributed by atoms with E-state index in [1.807, 2.05) is 11.9 Å². The van der Waals surface area contributed by atoms with E-state index in [2.05, 4.69) is 53.3 Å². The molecule has 0 saturated carbocycles. The number of piperazine rings is 1. The van der Waals surface area contributed by atoms with Crippen molar-refractivity contribution in [1.29, 1.82) is 0 Å². The number of benzene rings is 1. The summed E-state index contributed by atoms with van der Waals surface area (Å²) in [6, 6.07) is 8.66. The minimum absolute atomic E-state index is 0. The molecule has 0 spiro atoms. The predicted octanol–water partition coefficient (Wildman–Crippen LogP) is 2.62. The Balaban J connectivity index is 0.00000280. The Morgan fingerprint density at radius 1 is 1.29 bits per heavy atom. The van der Waals surface area contributed by atoms with E-state index < -0.39 is 0 Å². The first-order valence-electron chi connectivity index (χ1n) is 10.0. The number of nitrogens with zero attached hydrogens (tertiary/aromatic N) is 3. The number of hydrogen-bond donors (Lipinski definition) is 1. The van der Waals surface area contributed by atoms with Crippen LogP contribution in [0.2, 0.25) is 0 Å². The van der Waals surface area contributed by atoms with Crippen LogP contribution in [0.3, 0.4) is 0 Å². The Kier molecular flexibility index (Phi) is 9.01. The molecule has 3 rings (SSSR count). The summed E-state index contributed by atoms with van der Waals surface area (Å²) in [5, 5.41) is 3.50. The van der Waals surface area contributed by atoms with Gasteiger partial charge in [0.25, 0.3) is 5.91 Å². The van der Waals surface area contributed by atoms with Gasteiger partial charge in [0.2, 0.25) is 0 Å². The van der Waals surface area contributed by atoms with Crippen molar-refractivity contribution in [1.82, 2.24) is 15.1 Å². The fraction of sp³-hybridized carbons (Fsp3) is 0.619. The van der Waals surface area contributed by atoms with Crippen LogP contribution in [-0.2, 0) is 9.53 Å². The number of carbonyl (C=O) groups is 1. The number of rotatable bonds is 4. The molecule has 1 aromatic rings. The van der Waals surface area contributed by atoms with E-state index in [-0.39, 0.29) is 36.0 Å². The highest BCUT2D eigenvalue weighted by molar-refractivity contribution is 14.0. The Morgan fingerprint density at radius 2 is 2.00 bits per heavy atom. The number of carbonyl (C=O) groups excluding carboxylic acids is 1. The molecule has 0 aromatic heterocycles. The van der Waals surface area contributed by atoms with Crippen LogP contribution in [0.15, 0.2) is 29.3 Å². The number of guanidine groups is 1. The van der Waals surface area contributed by atoms with Gasteiger partial charge in [-0.05, 0) is 31.2 Å². The number of aryl methyl sites for hydroxylation is 1. The monoisotopic (exact) mass is 500 g/mol. The number of nitrogens with one attached hydrogen (secondary N) is 1. The second-order valence-corrected chi connectivity index (χ2v) is 7.56. The summed E-state index contributed by atoms with van der Waals surface area (Å²) in [6.07, 6.45) is 1.63. The van der Waals surface area contributed by atoms with Crippen LogP contribution in [0, 0.1) is 6.92 Å². The summed E-state index contributed by atoms with van der Waals surface area (Å²) in [4.78, 5) is 21.1. The Hall–Kier alpha value is -1.35. The summed E-state index contributed by atoms with van der Waals surface area (Å²) in [5.74, 6) is 1.48. The quantitative estimate of drug-likeness (QED) is 0.393. The summed E-state index contributed by atoms with van der Waals surface area (Å²) in [5.41, 5.74) is 2.63. The highest BCUT2D eigenvalue weighted by Gasteiger charge is 2.30. The summed E-state index contributed by atoms with van der Waals surface area (Å²) < 4.78 is 5.54. The van der Waals surface area contributed by atoms with Crippen molar-refractivity contribution < 1.29 is 9.53 Å². The summed E-state index contributed by atoms with van der Waals surface area (Å²) >= 11 is 0. The Labute approximate surface area is 185 Å². The van der Waals surface area contributed by atoms with Crippen molar-refractivity contribution in [2.75, 3.05) is 46.4 Å². The van der Waals surface area contributed by atoms with Gasteiger partial charge < -0.3 is 19.9 Å². The van der Waals surface area contributed by atoms with Crippen LogP contribution in [-0.4, -0.2) is 74.1 Å². The predicted molar refractivity (Wildman–Crippen MR) is 123 cm³/mol. The lowest BCUT2D eigenvalue weighted by molar-refractivity contribution is -0.142. The second kappa shape index (κ2) is 11.0. The minimum atomic E-state index is -0.218. The van der Waals surface area contributed by atoms with Gasteiger partial charge in [-0.2, -0.15) is 0 Å². The summed E-state index contributed by atoms with van der Waals surface area (Å²) in [7, 11) is 1.82. The van der Waals surface area contributed by atoms with E-state index in [4.69, 9.17) is 4.74 Å². The van der Waals surface area contributed by atoms with E-state index in [0.717, 1.165) is 51.5 Å². The van der Waals surface area contributed by atoms with Crippen molar-refractivity contribution in [3.05, 3.63) is 35.4 Å². The largest absolute Gasteiger partial charge is 0.368 e. The molecule has 2 unspecified atom stereocenters. The molecule has 2 fully saturated rings. The molecule has 28 heavy (non-hydrogen) atoms. The molecule has 7 heteroatoms. The number of amides is 1. The van der Waals surface area contributed by atoms with Crippen molar-refractivity contribution in [3.8, 4) is 0 Å². The van der Waals surface area contributed by atoms with E-state index >= 15 is 0 Å². The van der Waals surface area contributed by atoms with Gasteiger partial charge in [0.05, 0.1) is 0 Å². The Bertz CT molecular complexity index is 668. The lowest BCUT2D eigenvalue weighted by atomic mass is 9.99. The highest BCUT2D eigenvalue weighted by Crippen LogP contribution is 2.17. The second-order valence-electron chi connectivity index (χ2n) is 7.56. The van der Waals surface area contributed by atoms with E-state index in [9.17, 15) is 4.79 Å². The van der Waals surface area contributed by atoms with Gasteiger partial charge in [0.15, 0.2) is 5.96 Å². The van der Waals surface area contributed by atoms with Crippen LogP contribution in [0.25, 0.3) is 0 Å². The number of halogens is 1. The van der Waals surface area contributed by atoms with Gasteiger partial charge in [-0.15, -0.1) is 24.0 Å². The molecule has 0 radical (unpaired) electrons. The molecule has 2 heterocycles. The van der Waals surface area contributed by atoms with Crippen molar-refractivity contribution in [2.24, 2.45) is 4.99 Å². The maximum Gasteiger partial charge on any atom is 0.251 e. The molecule has 1 amide bonds. The van der Waals surface area contributed by atoms with Crippen LogP contribution < -0.4 is 5.32 Å². The average molecular weight is 500 g/mol.